The topological polar surface area (TPSA) is 25.8 Å². The first-order valence-corrected chi connectivity index (χ1v) is 6.14. The second kappa shape index (κ2) is 4.43. The van der Waals surface area contributed by atoms with E-state index in [0.717, 1.165) is 33.4 Å². The van der Waals surface area contributed by atoms with Gasteiger partial charge in [-0.2, -0.15) is 0 Å². The number of fused-ring (bicyclic) bond motifs is 1. The quantitative estimate of drug-likeness (QED) is 0.653. The lowest BCUT2D eigenvalue weighted by Crippen LogP contribution is -1.93. The molecule has 3 heteroatoms. The first-order valence-electron chi connectivity index (χ1n) is 6.14. The van der Waals surface area contributed by atoms with E-state index in [1.807, 2.05) is 38.1 Å². The standard InChI is InChI=1S/C16H13FN2/c1-10-5-6-14(11(2)19-10)15-9-13(17)8-12-4-3-7-18-16(12)15/h3-9H,1-2H3. The summed E-state index contributed by atoms with van der Waals surface area (Å²) >= 11 is 0. The van der Waals surface area contributed by atoms with Crippen molar-refractivity contribution in [3.05, 3.63) is 59.8 Å². The zero-order chi connectivity index (χ0) is 13.4. The van der Waals surface area contributed by atoms with Crippen molar-refractivity contribution in [1.29, 1.82) is 0 Å². The number of pyridine rings is 2. The molecule has 0 spiro atoms. The normalized spacial score (nSPS) is 10.9. The summed E-state index contributed by atoms with van der Waals surface area (Å²) in [4.78, 5) is 8.80. The highest BCUT2D eigenvalue weighted by Gasteiger charge is 2.10. The van der Waals surface area contributed by atoms with Gasteiger partial charge in [-0.25, -0.2) is 4.39 Å². The maximum Gasteiger partial charge on any atom is 0.124 e. The molecule has 3 aromatic rings. The molecule has 0 aliphatic heterocycles. The van der Waals surface area contributed by atoms with Crippen LogP contribution in [0.3, 0.4) is 0 Å². The van der Waals surface area contributed by atoms with Crippen LogP contribution in [-0.2, 0) is 0 Å². The Morgan fingerprint density at radius 3 is 2.63 bits per heavy atom. The molecule has 2 heterocycles. The molecule has 2 nitrogen and oxygen atoms in total. The van der Waals surface area contributed by atoms with E-state index >= 15 is 0 Å². The Labute approximate surface area is 111 Å². The largest absolute Gasteiger partial charge is 0.258 e. The highest BCUT2D eigenvalue weighted by atomic mass is 19.1. The lowest BCUT2D eigenvalue weighted by Gasteiger charge is -2.09. The molecule has 0 atom stereocenters. The number of hydrogen-bond donors (Lipinski definition) is 0. The van der Waals surface area contributed by atoms with Gasteiger partial charge in [0, 0.05) is 34.1 Å². The summed E-state index contributed by atoms with van der Waals surface area (Å²) in [6.45, 7) is 3.88. The van der Waals surface area contributed by atoms with Crippen LogP contribution < -0.4 is 0 Å². The van der Waals surface area contributed by atoms with E-state index in [2.05, 4.69) is 9.97 Å². The van der Waals surface area contributed by atoms with Gasteiger partial charge in [0.1, 0.15) is 5.82 Å². The van der Waals surface area contributed by atoms with E-state index in [4.69, 9.17) is 0 Å². The van der Waals surface area contributed by atoms with Gasteiger partial charge >= 0.3 is 0 Å². The molecule has 0 bridgehead atoms. The Bertz CT molecular complexity index is 766. The van der Waals surface area contributed by atoms with Gasteiger partial charge in [-0.05, 0) is 38.1 Å². The second-order valence-electron chi connectivity index (χ2n) is 4.61. The minimum atomic E-state index is -0.254. The number of nitrogens with zero attached hydrogens (tertiary/aromatic N) is 2. The molecular formula is C16H13FN2. The molecule has 0 radical (unpaired) electrons. The van der Waals surface area contributed by atoms with Crippen LogP contribution in [0, 0.1) is 19.7 Å². The lowest BCUT2D eigenvalue weighted by atomic mass is 10.0. The van der Waals surface area contributed by atoms with Crippen molar-refractivity contribution >= 4 is 10.9 Å². The van der Waals surface area contributed by atoms with Crippen LogP contribution >= 0.6 is 0 Å². The SMILES string of the molecule is Cc1ccc(-c2cc(F)cc3cccnc23)c(C)n1. The maximum atomic E-state index is 13.7. The van der Waals surface area contributed by atoms with Gasteiger partial charge < -0.3 is 0 Å². The van der Waals surface area contributed by atoms with Gasteiger partial charge in [0.15, 0.2) is 0 Å². The van der Waals surface area contributed by atoms with E-state index in [1.54, 1.807) is 6.20 Å². The Morgan fingerprint density at radius 1 is 1.00 bits per heavy atom. The molecule has 2 aromatic heterocycles. The van der Waals surface area contributed by atoms with Gasteiger partial charge in [-0.15, -0.1) is 0 Å². The molecule has 0 aliphatic rings. The van der Waals surface area contributed by atoms with Crippen LogP contribution in [0.4, 0.5) is 4.39 Å². The number of rotatable bonds is 1. The van der Waals surface area contributed by atoms with Crippen molar-refractivity contribution in [1.82, 2.24) is 9.97 Å². The van der Waals surface area contributed by atoms with Crippen molar-refractivity contribution in [3.8, 4) is 11.1 Å². The van der Waals surface area contributed by atoms with Crippen molar-refractivity contribution in [2.24, 2.45) is 0 Å². The number of benzene rings is 1. The molecule has 1 aromatic carbocycles. The summed E-state index contributed by atoms with van der Waals surface area (Å²) in [7, 11) is 0. The maximum absolute atomic E-state index is 13.7. The highest BCUT2D eigenvalue weighted by Crippen LogP contribution is 2.30. The van der Waals surface area contributed by atoms with Crippen LogP contribution in [0.5, 0.6) is 0 Å². The Balaban J connectivity index is 2.35. The predicted octanol–water partition coefficient (Wildman–Crippen LogP) is 4.05. The molecule has 0 amide bonds. The number of aromatic nitrogens is 2. The summed E-state index contributed by atoms with van der Waals surface area (Å²) in [5, 5.41) is 0.803. The second-order valence-corrected chi connectivity index (χ2v) is 4.61. The van der Waals surface area contributed by atoms with Gasteiger partial charge in [0.2, 0.25) is 0 Å². The average Bonchev–Trinajstić information content (AvgIpc) is 2.38. The van der Waals surface area contributed by atoms with Crippen molar-refractivity contribution in [3.63, 3.8) is 0 Å². The van der Waals surface area contributed by atoms with Crippen LogP contribution in [0.15, 0.2) is 42.6 Å². The third-order valence-corrected chi connectivity index (χ3v) is 3.18. The molecular weight excluding hydrogens is 239 g/mol. The number of halogens is 1. The third kappa shape index (κ3) is 2.08. The molecule has 0 fully saturated rings. The van der Waals surface area contributed by atoms with E-state index in [-0.39, 0.29) is 5.82 Å². The molecule has 0 saturated heterocycles. The van der Waals surface area contributed by atoms with Crippen molar-refractivity contribution in [2.45, 2.75) is 13.8 Å². The molecule has 94 valence electrons. The smallest absolute Gasteiger partial charge is 0.124 e. The van der Waals surface area contributed by atoms with Gasteiger partial charge in [-0.3, -0.25) is 9.97 Å². The summed E-state index contributed by atoms with van der Waals surface area (Å²) in [5.74, 6) is -0.254. The zero-order valence-electron chi connectivity index (χ0n) is 10.8. The van der Waals surface area contributed by atoms with E-state index in [0.29, 0.717) is 0 Å². The Morgan fingerprint density at radius 2 is 1.84 bits per heavy atom. The predicted molar refractivity (Wildman–Crippen MR) is 74.4 cm³/mol. The summed E-state index contributed by atoms with van der Waals surface area (Å²) < 4.78 is 13.7. The fourth-order valence-electron chi connectivity index (χ4n) is 2.33. The highest BCUT2D eigenvalue weighted by molar-refractivity contribution is 5.94. The van der Waals surface area contributed by atoms with Crippen LogP contribution in [0.25, 0.3) is 22.0 Å². The van der Waals surface area contributed by atoms with Gasteiger partial charge in [0.05, 0.1) is 5.52 Å². The van der Waals surface area contributed by atoms with Crippen LogP contribution in [0.1, 0.15) is 11.4 Å². The zero-order valence-corrected chi connectivity index (χ0v) is 10.8. The van der Waals surface area contributed by atoms with Crippen LogP contribution in [0.2, 0.25) is 0 Å². The summed E-state index contributed by atoms with van der Waals surface area (Å²) in [5.41, 5.74) is 4.36. The molecule has 0 saturated carbocycles. The first kappa shape index (κ1) is 11.8. The van der Waals surface area contributed by atoms with Gasteiger partial charge in [-0.1, -0.05) is 12.1 Å². The Hall–Kier alpha value is -2.29. The molecule has 3 rings (SSSR count). The monoisotopic (exact) mass is 252 g/mol. The number of aryl methyl sites for hydroxylation is 2. The van der Waals surface area contributed by atoms with Crippen molar-refractivity contribution < 1.29 is 4.39 Å². The lowest BCUT2D eigenvalue weighted by molar-refractivity contribution is 0.630. The molecule has 19 heavy (non-hydrogen) atoms. The van der Waals surface area contributed by atoms with E-state index in [9.17, 15) is 4.39 Å². The first-order chi connectivity index (χ1) is 9.15. The average molecular weight is 252 g/mol. The number of hydrogen-bond acceptors (Lipinski definition) is 2. The van der Waals surface area contributed by atoms with Crippen LogP contribution in [-0.4, -0.2) is 9.97 Å². The fourth-order valence-corrected chi connectivity index (χ4v) is 2.33. The van der Waals surface area contributed by atoms with Crippen molar-refractivity contribution in [2.75, 3.05) is 0 Å². The third-order valence-electron chi connectivity index (χ3n) is 3.18. The minimum absolute atomic E-state index is 0.254. The minimum Gasteiger partial charge on any atom is -0.258 e. The summed E-state index contributed by atoms with van der Waals surface area (Å²) in [6.07, 6.45) is 1.72. The molecule has 0 N–H and O–H groups in total. The van der Waals surface area contributed by atoms with E-state index in [1.165, 1.54) is 12.1 Å². The molecule has 0 aliphatic carbocycles. The fraction of sp³-hybridized carbons (Fsp3) is 0.125. The Kier molecular flexibility index (Phi) is 2.75. The van der Waals surface area contributed by atoms with Gasteiger partial charge in [0.25, 0.3) is 0 Å². The molecule has 0 unspecified atom stereocenters. The summed E-state index contributed by atoms with van der Waals surface area (Å²) in [6, 6.07) is 10.6. The van der Waals surface area contributed by atoms with E-state index < -0.39 is 0 Å².